The van der Waals surface area contributed by atoms with E-state index in [0.29, 0.717) is 0 Å². The van der Waals surface area contributed by atoms with Crippen molar-refractivity contribution in [2.24, 2.45) is 0 Å². The smallest absolute Gasteiger partial charge is 0.311 e. The molecule has 0 amide bonds. The quantitative estimate of drug-likeness (QED) is 0.553. The first-order chi connectivity index (χ1) is 7.15. The Morgan fingerprint density at radius 3 is 3.00 bits per heavy atom. The highest BCUT2D eigenvalue weighted by atomic mass is 19.1. The maximum absolute atomic E-state index is 12.8. The Hall–Kier alpha value is -1.96. The van der Waals surface area contributed by atoms with Gasteiger partial charge in [0.15, 0.2) is 0 Å². The number of halogens is 1. The van der Waals surface area contributed by atoms with E-state index in [0.717, 1.165) is 6.07 Å². The molecule has 15 heavy (non-hydrogen) atoms. The van der Waals surface area contributed by atoms with Crippen LogP contribution in [-0.2, 0) is 16.0 Å². The zero-order valence-electron chi connectivity index (χ0n) is 8.16. The van der Waals surface area contributed by atoms with Crippen molar-refractivity contribution < 1.29 is 13.9 Å². The fourth-order valence-corrected chi connectivity index (χ4v) is 1.07. The Morgan fingerprint density at radius 2 is 2.40 bits per heavy atom. The van der Waals surface area contributed by atoms with Crippen LogP contribution in [0, 0.1) is 17.3 Å². The van der Waals surface area contributed by atoms with E-state index < -0.39 is 11.9 Å². The summed E-state index contributed by atoms with van der Waals surface area (Å²) in [6, 6.07) is 4.15. The van der Waals surface area contributed by atoms with Gasteiger partial charge in [-0.1, -0.05) is 0 Å². The van der Waals surface area contributed by atoms with E-state index in [1.807, 2.05) is 0 Å². The highest BCUT2D eigenvalue weighted by molar-refractivity contribution is 5.72. The van der Waals surface area contributed by atoms with Crippen LogP contribution >= 0.6 is 0 Å². The number of pyridine rings is 1. The topological polar surface area (TPSA) is 63.0 Å². The minimum atomic E-state index is -0.770. The van der Waals surface area contributed by atoms with Crippen molar-refractivity contribution in [2.45, 2.75) is 13.3 Å². The van der Waals surface area contributed by atoms with Gasteiger partial charge in [0.2, 0.25) is 5.95 Å². The lowest BCUT2D eigenvalue weighted by molar-refractivity contribution is -0.142. The molecular formula is C10H9FN2O2. The van der Waals surface area contributed by atoms with Gasteiger partial charge in [-0.05, 0) is 13.0 Å². The number of carbonyl (C=O) groups excluding carboxylic acids is 1. The molecule has 5 heteroatoms. The molecular weight excluding hydrogens is 199 g/mol. The molecule has 0 bridgehead atoms. The van der Waals surface area contributed by atoms with Crippen LogP contribution in [0.15, 0.2) is 12.1 Å². The maximum atomic E-state index is 12.8. The van der Waals surface area contributed by atoms with Crippen LogP contribution in [0.2, 0.25) is 0 Å². The van der Waals surface area contributed by atoms with Crippen LogP contribution in [0.3, 0.4) is 0 Å². The fourth-order valence-electron chi connectivity index (χ4n) is 1.07. The van der Waals surface area contributed by atoms with Gasteiger partial charge < -0.3 is 4.74 Å². The van der Waals surface area contributed by atoms with Gasteiger partial charge in [0.1, 0.15) is 0 Å². The predicted molar refractivity (Wildman–Crippen MR) is 49.2 cm³/mol. The number of nitrogens with zero attached hydrogens (tertiary/aromatic N) is 2. The van der Waals surface area contributed by atoms with Gasteiger partial charge in [-0.2, -0.15) is 9.65 Å². The van der Waals surface area contributed by atoms with Crippen LogP contribution in [0.5, 0.6) is 0 Å². The monoisotopic (exact) mass is 208 g/mol. The molecule has 0 unspecified atom stereocenters. The van der Waals surface area contributed by atoms with Gasteiger partial charge in [0, 0.05) is 6.07 Å². The Morgan fingerprint density at radius 1 is 1.67 bits per heavy atom. The molecule has 0 aliphatic rings. The van der Waals surface area contributed by atoms with Crippen molar-refractivity contribution >= 4 is 5.97 Å². The number of esters is 1. The summed E-state index contributed by atoms with van der Waals surface area (Å²) < 4.78 is 17.5. The highest BCUT2D eigenvalue weighted by Crippen LogP contribution is 2.05. The van der Waals surface area contributed by atoms with E-state index >= 15 is 0 Å². The van der Waals surface area contributed by atoms with Crippen LogP contribution in [0.25, 0.3) is 0 Å². The number of aromatic nitrogens is 1. The molecule has 1 heterocycles. The summed E-state index contributed by atoms with van der Waals surface area (Å²) in [5.74, 6) is -1.26. The molecule has 78 valence electrons. The molecule has 0 fully saturated rings. The Labute approximate surface area is 86.3 Å². The summed E-state index contributed by atoms with van der Waals surface area (Å²) in [4.78, 5) is 14.5. The van der Waals surface area contributed by atoms with Gasteiger partial charge in [-0.15, -0.1) is 0 Å². The number of rotatable bonds is 3. The minimum Gasteiger partial charge on any atom is -0.466 e. The first kappa shape index (κ1) is 11.1. The standard InChI is InChI=1S/C10H9FN2O2/c1-2-15-10(14)5-8-3-7(6-12)4-9(11)13-8/h3-4H,2,5H2,1H3. The normalized spacial score (nSPS) is 9.40. The van der Waals surface area contributed by atoms with Crippen LogP contribution in [0.1, 0.15) is 18.2 Å². The summed E-state index contributed by atoms with van der Waals surface area (Å²) in [5.41, 5.74) is 0.340. The minimum absolute atomic E-state index is 0.125. The molecule has 1 rings (SSSR count). The molecule has 0 radical (unpaired) electrons. The number of hydrogen-bond acceptors (Lipinski definition) is 4. The van der Waals surface area contributed by atoms with Crippen molar-refractivity contribution in [1.29, 1.82) is 5.26 Å². The first-order valence-corrected chi connectivity index (χ1v) is 4.38. The van der Waals surface area contributed by atoms with E-state index in [-0.39, 0.29) is 24.3 Å². The second-order valence-electron chi connectivity index (χ2n) is 2.76. The van der Waals surface area contributed by atoms with Gasteiger partial charge >= 0.3 is 5.97 Å². The molecule has 0 aliphatic carbocycles. The molecule has 4 nitrogen and oxygen atoms in total. The molecule has 1 aromatic rings. The fraction of sp³-hybridized carbons (Fsp3) is 0.300. The van der Waals surface area contributed by atoms with Crippen LogP contribution in [0.4, 0.5) is 4.39 Å². The molecule has 0 spiro atoms. The van der Waals surface area contributed by atoms with E-state index in [1.165, 1.54) is 6.07 Å². The predicted octanol–water partition coefficient (Wildman–Crippen LogP) is 1.20. The average Bonchev–Trinajstić information content (AvgIpc) is 2.17. The van der Waals surface area contributed by atoms with E-state index in [2.05, 4.69) is 9.72 Å². The molecule has 0 saturated heterocycles. The maximum Gasteiger partial charge on any atom is 0.311 e. The third kappa shape index (κ3) is 3.35. The van der Waals surface area contributed by atoms with Gasteiger partial charge in [0.25, 0.3) is 0 Å². The number of hydrogen-bond donors (Lipinski definition) is 0. The largest absolute Gasteiger partial charge is 0.466 e. The SMILES string of the molecule is CCOC(=O)Cc1cc(C#N)cc(F)n1. The van der Waals surface area contributed by atoms with E-state index in [1.54, 1.807) is 13.0 Å². The summed E-state index contributed by atoms with van der Waals surface area (Å²) in [6.07, 6.45) is -0.125. The third-order valence-electron chi connectivity index (χ3n) is 1.61. The van der Waals surface area contributed by atoms with E-state index in [9.17, 15) is 9.18 Å². The number of ether oxygens (including phenoxy) is 1. The highest BCUT2D eigenvalue weighted by Gasteiger charge is 2.08. The summed E-state index contributed by atoms with van der Waals surface area (Å²) in [5, 5.41) is 8.56. The van der Waals surface area contributed by atoms with E-state index in [4.69, 9.17) is 5.26 Å². The van der Waals surface area contributed by atoms with Crippen LogP contribution in [-0.4, -0.2) is 17.6 Å². The van der Waals surface area contributed by atoms with Crippen molar-refractivity contribution in [2.75, 3.05) is 6.61 Å². The van der Waals surface area contributed by atoms with Crippen molar-refractivity contribution in [3.05, 3.63) is 29.3 Å². The van der Waals surface area contributed by atoms with Crippen molar-refractivity contribution in [3.63, 3.8) is 0 Å². The Balaban J connectivity index is 2.82. The molecule has 0 aromatic carbocycles. The number of nitriles is 1. The molecule has 0 atom stereocenters. The Bertz CT molecular complexity index is 412. The van der Waals surface area contributed by atoms with Gasteiger partial charge in [-0.3, -0.25) is 4.79 Å². The Kier molecular flexibility index (Phi) is 3.75. The number of carbonyl (C=O) groups is 1. The lowest BCUT2D eigenvalue weighted by Gasteiger charge is -2.01. The molecule has 0 aliphatic heterocycles. The van der Waals surface area contributed by atoms with Crippen molar-refractivity contribution in [3.8, 4) is 6.07 Å². The lowest BCUT2D eigenvalue weighted by atomic mass is 10.2. The first-order valence-electron chi connectivity index (χ1n) is 4.38. The molecule has 0 saturated carbocycles. The zero-order valence-corrected chi connectivity index (χ0v) is 8.16. The summed E-state index contributed by atoms with van der Waals surface area (Å²) >= 11 is 0. The molecule has 0 N–H and O–H groups in total. The van der Waals surface area contributed by atoms with Gasteiger partial charge in [0.05, 0.1) is 30.4 Å². The second-order valence-corrected chi connectivity index (χ2v) is 2.76. The van der Waals surface area contributed by atoms with Crippen LogP contribution < -0.4 is 0 Å². The van der Waals surface area contributed by atoms with Crippen molar-refractivity contribution in [1.82, 2.24) is 4.98 Å². The summed E-state index contributed by atoms with van der Waals surface area (Å²) in [7, 11) is 0. The average molecular weight is 208 g/mol. The lowest BCUT2D eigenvalue weighted by Crippen LogP contribution is -2.09. The third-order valence-corrected chi connectivity index (χ3v) is 1.61. The second kappa shape index (κ2) is 5.05. The molecule has 1 aromatic heterocycles. The zero-order chi connectivity index (χ0) is 11.3. The summed E-state index contributed by atoms with van der Waals surface area (Å²) in [6.45, 7) is 1.94. The van der Waals surface area contributed by atoms with Gasteiger partial charge in [-0.25, -0.2) is 4.98 Å².